The topological polar surface area (TPSA) is 106 Å². The molecule has 2 rings (SSSR count). The largest absolute Gasteiger partial charge is 0.441 e. The number of amides is 2. The molecular formula is C17H24N2O6. The molecular weight excluding hydrogens is 328 g/mol. The number of carbonyl (C=O) groups is 2. The molecule has 0 saturated carbocycles. The van der Waals surface area contributed by atoms with Gasteiger partial charge in [0.15, 0.2) is 18.5 Å². The lowest BCUT2D eigenvalue weighted by atomic mass is 10.1. The third kappa shape index (κ3) is 5.70. The predicted octanol–water partition coefficient (Wildman–Crippen LogP) is 0.540. The van der Waals surface area contributed by atoms with Gasteiger partial charge in [0.05, 0.1) is 12.6 Å². The number of benzene rings is 1. The van der Waals surface area contributed by atoms with Gasteiger partial charge in [0, 0.05) is 13.2 Å². The Bertz CT molecular complexity index is 568. The molecule has 2 amide bonds. The van der Waals surface area contributed by atoms with Gasteiger partial charge in [-0.3, -0.25) is 4.79 Å². The molecule has 138 valence electrons. The van der Waals surface area contributed by atoms with Crippen molar-refractivity contribution in [1.82, 2.24) is 10.6 Å². The highest BCUT2D eigenvalue weighted by molar-refractivity contribution is 5.82. The van der Waals surface area contributed by atoms with Crippen LogP contribution in [0.5, 0.6) is 0 Å². The number of hydrogen-bond acceptors (Lipinski definition) is 6. The molecule has 1 heterocycles. The highest BCUT2D eigenvalue weighted by Crippen LogP contribution is 2.15. The molecule has 0 spiro atoms. The van der Waals surface area contributed by atoms with Crippen LogP contribution >= 0.6 is 0 Å². The summed E-state index contributed by atoms with van der Waals surface area (Å²) in [5.41, 5.74) is 0.898. The number of cyclic esters (lactones) is 1. The minimum Gasteiger partial charge on any atom is -0.441 e. The van der Waals surface area contributed by atoms with Crippen LogP contribution in [-0.2, 0) is 25.5 Å². The molecule has 8 heteroatoms. The Kier molecular flexibility index (Phi) is 7.17. The first-order valence-electron chi connectivity index (χ1n) is 8.21. The molecule has 3 N–H and O–H groups in total. The predicted molar refractivity (Wildman–Crippen MR) is 88.5 cm³/mol. The van der Waals surface area contributed by atoms with Gasteiger partial charge in [-0.25, -0.2) is 4.79 Å². The molecule has 0 aromatic heterocycles. The molecule has 8 nitrogen and oxygen atoms in total. The van der Waals surface area contributed by atoms with Crippen LogP contribution in [0.15, 0.2) is 30.3 Å². The number of alkyl carbamates (subject to hydrolysis) is 1. The second-order valence-corrected chi connectivity index (χ2v) is 5.63. The summed E-state index contributed by atoms with van der Waals surface area (Å²) in [6, 6.07) is 8.65. The third-order valence-corrected chi connectivity index (χ3v) is 3.74. The fourth-order valence-electron chi connectivity index (χ4n) is 2.46. The Morgan fingerprint density at radius 3 is 2.76 bits per heavy atom. The lowest BCUT2D eigenvalue weighted by Gasteiger charge is -2.23. The van der Waals surface area contributed by atoms with Crippen molar-refractivity contribution >= 4 is 12.0 Å². The summed E-state index contributed by atoms with van der Waals surface area (Å²) in [6.45, 7) is 4.37. The number of rotatable bonds is 9. The third-order valence-electron chi connectivity index (χ3n) is 3.74. The number of nitrogens with one attached hydrogen (secondary N) is 2. The van der Waals surface area contributed by atoms with Crippen LogP contribution in [0.2, 0.25) is 0 Å². The number of aliphatic hydroxyl groups is 1. The summed E-state index contributed by atoms with van der Waals surface area (Å²) in [6.07, 6.45) is -3.69. The van der Waals surface area contributed by atoms with E-state index >= 15 is 0 Å². The number of ether oxygens (including phenoxy) is 3. The zero-order chi connectivity index (χ0) is 18.2. The van der Waals surface area contributed by atoms with Crippen molar-refractivity contribution in [3.63, 3.8) is 0 Å². The second-order valence-electron chi connectivity index (χ2n) is 5.63. The van der Waals surface area contributed by atoms with E-state index in [0.717, 1.165) is 5.56 Å². The van der Waals surface area contributed by atoms with E-state index in [2.05, 4.69) is 10.6 Å². The Labute approximate surface area is 146 Å². The van der Waals surface area contributed by atoms with Crippen molar-refractivity contribution in [2.75, 3.05) is 13.2 Å². The summed E-state index contributed by atoms with van der Waals surface area (Å²) < 4.78 is 15.7. The number of aliphatic hydroxyl groups excluding tert-OH is 1. The lowest BCUT2D eigenvalue weighted by Crippen LogP contribution is -2.49. The van der Waals surface area contributed by atoms with Crippen molar-refractivity contribution in [3.05, 3.63) is 35.9 Å². The van der Waals surface area contributed by atoms with Crippen molar-refractivity contribution in [3.8, 4) is 0 Å². The van der Waals surface area contributed by atoms with E-state index in [1.165, 1.54) is 0 Å². The van der Waals surface area contributed by atoms with Gasteiger partial charge < -0.3 is 30.0 Å². The molecule has 1 aromatic rings. The number of carbonyl (C=O) groups excluding carboxylic acids is 2. The van der Waals surface area contributed by atoms with Crippen LogP contribution in [-0.4, -0.2) is 54.9 Å². The monoisotopic (exact) mass is 352 g/mol. The van der Waals surface area contributed by atoms with Gasteiger partial charge in [0.25, 0.3) is 5.91 Å². The van der Waals surface area contributed by atoms with Crippen molar-refractivity contribution < 1.29 is 28.9 Å². The first-order chi connectivity index (χ1) is 12.0. The van der Waals surface area contributed by atoms with Gasteiger partial charge in [0.1, 0.15) is 0 Å². The molecule has 1 saturated heterocycles. The molecule has 4 atom stereocenters. The van der Waals surface area contributed by atoms with E-state index in [1.54, 1.807) is 6.92 Å². The fraction of sp³-hybridized carbons (Fsp3) is 0.529. The highest BCUT2D eigenvalue weighted by atomic mass is 16.7. The molecule has 1 aliphatic heterocycles. The molecule has 0 aliphatic carbocycles. The van der Waals surface area contributed by atoms with E-state index in [4.69, 9.17) is 14.2 Å². The number of hydrogen-bond donors (Lipinski definition) is 3. The quantitative estimate of drug-likeness (QED) is 0.560. The molecule has 25 heavy (non-hydrogen) atoms. The summed E-state index contributed by atoms with van der Waals surface area (Å²) in [4.78, 5) is 23.6. The van der Waals surface area contributed by atoms with Crippen LogP contribution in [0.1, 0.15) is 19.4 Å². The Hall–Kier alpha value is -2.16. The molecule has 0 radical (unpaired) electrons. The fourth-order valence-corrected chi connectivity index (χ4v) is 2.46. The van der Waals surface area contributed by atoms with E-state index in [0.29, 0.717) is 6.61 Å². The van der Waals surface area contributed by atoms with Gasteiger partial charge in [-0.2, -0.15) is 0 Å². The SMILES string of the molecule is CCOC(C)OC[C@H]1NC(=O)O[C@@H]1[C@@H](O)C(=O)NCc1ccccc1. The van der Waals surface area contributed by atoms with Crippen LogP contribution in [0, 0.1) is 0 Å². The lowest BCUT2D eigenvalue weighted by molar-refractivity contribution is -0.143. The maximum atomic E-state index is 12.2. The van der Waals surface area contributed by atoms with E-state index < -0.39 is 36.5 Å². The first kappa shape index (κ1) is 19.2. The highest BCUT2D eigenvalue weighted by Gasteiger charge is 2.42. The van der Waals surface area contributed by atoms with Crippen LogP contribution in [0.3, 0.4) is 0 Å². The summed E-state index contributed by atoms with van der Waals surface area (Å²) in [5, 5.41) is 15.4. The molecule has 1 fully saturated rings. The van der Waals surface area contributed by atoms with E-state index in [9.17, 15) is 14.7 Å². The molecule has 1 aromatic carbocycles. The van der Waals surface area contributed by atoms with Crippen LogP contribution < -0.4 is 10.6 Å². The average molecular weight is 352 g/mol. The second kappa shape index (κ2) is 9.36. The first-order valence-corrected chi connectivity index (χ1v) is 8.21. The van der Waals surface area contributed by atoms with Gasteiger partial charge >= 0.3 is 6.09 Å². The summed E-state index contributed by atoms with van der Waals surface area (Å²) in [7, 11) is 0. The molecule has 0 bridgehead atoms. The van der Waals surface area contributed by atoms with Gasteiger partial charge in [-0.05, 0) is 19.4 Å². The van der Waals surface area contributed by atoms with Gasteiger partial charge in [0.2, 0.25) is 0 Å². The Morgan fingerprint density at radius 2 is 2.08 bits per heavy atom. The van der Waals surface area contributed by atoms with Gasteiger partial charge in [-0.1, -0.05) is 30.3 Å². The molecule has 1 unspecified atom stereocenters. The maximum Gasteiger partial charge on any atom is 0.408 e. The molecule has 1 aliphatic rings. The average Bonchev–Trinajstić information content (AvgIpc) is 2.99. The zero-order valence-corrected chi connectivity index (χ0v) is 14.3. The normalized spacial score (nSPS) is 22.0. The van der Waals surface area contributed by atoms with Crippen LogP contribution in [0.25, 0.3) is 0 Å². The standard InChI is InChI=1S/C17H24N2O6/c1-3-23-11(2)24-10-13-15(25-17(22)19-13)14(20)16(21)18-9-12-7-5-4-6-8-12/h4-8,11,13-15,20H,3,9-10H2,1-2H3,(H,18,21)(H,19,22)/t11?,13-,14-,15+/m1/s1. The van der Waals surface area contributed by atoms with Crippen molar-refractivity contribution in [2.45, 2.75) is 44.9 Å². The zero-order valence-electron chi connectivity index (χ0n) is 14.3. The van der Waals surface area contributed by atoms with Gasteiger partial charge in [-0.15, -0.1) is 0 Å². The Morgan fingerprint density at radius 1 is 1.36 bits per heavy atom. The van der Waals surface area contributed by atoms with Crippen molar-refractivity contribution in [1.29, 1.82) is 0 Å². The maximum absolute atomic E-state index is 12.2. The van der Waals surface area contributed by atoms with Crippen LogP contribution in [0.4, 0.5) is 4.79 Å². The van der Waals surface area contributed by atoms with E-state index in [-0.39, 0.29) is 13.2 Å². The minimum absolute atomic E-state index is 0.0561. The van der Waals surface area contributed by atoms with Crippen molar-refractivity contribution in [2.24, 2.45) is 0 Å². The summed E-state index contributed by atoms with van der Waals surface area (Å²) >= 11 is 0. The smallest absolute Gasteiger partial charge is 0.408 e. The minimum atomic E-state index is -1.50. The summed E-state index contributed by atoms with van der Waals surface area (Å²) in [5.74, 6) is -0.617. The van der Waals surface area contributed by atoms with E-state index in [1.807, 2.05) is 37.3 Å². The Balaban J connectivity index is 1.87.